The lowest BCUT2D eigenvalue weighted by Gasteiger charge is -2.55. The summed E-state index contributed by atoms with van der Waals surface area (Å²) >= 11 is 0. The number of Topliss-reactive ketones (excluding diaryl/α,β-unsaturated/α-hetero) is 1. The Morgan fingerprint density at radius 3 is 1.45 bits per heavy atom. The normalized spacial score (nSPS) is 23.0. The van der Waals surface area contributed by atoms with Crippen LogP contribution in [0.4, 0.5) is 9.59 Å². The van der Waals surface area contributed by atoms with E-state index in [0.29, 0.717) is 71.2 Å². The van der Waals surface area contributed by atoms with Crippen LogP contribution in [0, 0.1) is 10.8 Å². The van der Waals surface area contributed by atoms with Gasteiger partial charge in [-0.1, -0.05) is 24.3 Å². The molecule has 15 nitrogen and oxygen atoms in total. The number of fused-ring (bicyclic) bond motifs is 2. The minimum absolute atomic E-state index is 0.297. The highest BCUT2D eigenvalue weighted by atomic mass is 16.6. The van der Waals surface area contributed by atoms with Crippen molar-refractivity contribution in [3.05, 3.63) is 23.8 Å². The molecule has 244 valence electrons. The molecule has 2 bridgehead atoms. The molecule has 0 aromatic carbocycles. The lowest BCUT2D eigenvalue weighted by Crippen LogP contribution is -2.67. The Morgan fingerprint density at radius 1 is 0.750 bits per heavy atom. The molecule has 0 saturated carbocycles. The number of rotatable bonds is 10. The number of aromatic nitrogens is 6. The van der Waals surface area contributed by atoms with Crippen LogP contribution >= 0.6 is 0 Å². The topological polar surface area (TPSA) is 162 Å². The summed E-state index contributed by atoms with van der Waals surface area (Å²) in [6.45, 7) is 20.4. The summed E-state index contributed by atoms with van der Waals surface area (Å²) in [5, 5.41) is 22.5. The maximum absolute atomic E-state index is 13.6. The second-order valence-corrected chi connectivity index (χ2v) is 14.5. The Morgan fingerprint density at radius 2 is 1.11 bits per heavy atom. The van der Waals surface area contributed by atoms with Crippen LogP contribution in [0.5, 0.6) is 0 Å². The highest BCUT2D eigenvalue weighted by Gasteiger charge is 2.55. The zero-order valence-corrected chi connectivity index (χ0v) is 27.3. The SMILES string of the molecule is CC(C)(C)OC(=O)NCCn1cc(CN2CC3(C)CN(Cc4cn(CCNC(=O)OC(C)(C)C)nn4)CC(C)(C2)C3=O)nn1. The van der Waals surface area contributed by atoms with Gasteiger partial charge in [0.15, 0.2) is 0 Å². The number of carbonyl (C=O) groups excluding carboxylic acids is 3. The fraction of sp³-hybridized carbons (Fsp3) is 0.759. The smallest absolute Gasteiger partial charge is 0.407 e. The number of piperidine rings is 2. The molecular weight excluding hydrogens is 568 g/mol. The van der Waals surface area contributed by atoms with Crippen molar-refractivity contribution in [1.29, 1.82) is 0 Å². The quantitative estimate of drug-likeness (QED) is 0.401. The molecule has 15 heteroatoms. The van der Waals surface area contributed by atoms with Gasteiger partial charge in [-0.3, -0.25) is 24.0 Å². The fourth-order valence-electron chi connectivity index (χ4n) is 6.10. The molecule has 0 atom stereocenters. The molecule has 2 aromatic rings. The van der Waals surface area contributed by atoms with Crippen LogP contribution in [0.25, 0.3) is 0 Å². The molecule has 4 heterocycles. The number of nitrogens with zero attached hydrogens (tertiary/aromatic N) is 8. The molecule has 2 amide bonds. The first-order valence-corrected chi connectivity index (χ1v) is 15.1. The summed E-state index contributed by atoms with van der Waals surface area (Å²) in [5.41, 5.74) is -0.537. The van der Waals surface area contributed by atoms with Crippen molar-refractivity contribution in [2.45, 2.75) is 92.8 Å². The van der Waals surface area contributed by atoms with Gasteiger partial charge in [-0.2, -0.15) is 0 Å². The van der Waals surface area contributed by atoms with E-state index in [1.807, 2.05) is 67.8 Å². The Kier molecular flexibility index (Phi) is 9.69. The highest BCUT2D eigenvalue weighted by Crippen LogP contribution is 2.43. The summed E-state index contributed by atoms with van der Waals surface area (Å²) in [7, 11) is 0. The minimum Gasteiger partial charge on any atom is -0.444 e. The third kappa shape index (κ3) is 9.21. The first-order chi connectivity index (χ1) is 20.4. The first kappa shape index (κ1) is 33.3. The Balaban J connectivity index is 1.27. The van der Waals surface area contributed by atoms with Gasteiger partial charge in [0, 0.05) is 64.8 Å². The second kappa shape index (κ2) is 12.8. The van der Waals surface area contributed by atoms with Crippen molar-refractivity contribution in [2.75, 3.05) is 39.3 Å². The van der Waals surface area contributed by atoms with Gasteiger partial charge >= 0.3 is 12.2 Å². The van der Waals surface area contributed by atoms with E-state index in [1.54, 1.807) is 9.36 Å². The van der Waals surface area contributed by atoms with Gasteiger partial charge in [0.05, 0.1) is 35.3 Å². The molecule has 0 radical (unpaired) electrons. The van der Waals surface area contributed by atoms with E-state index in [1.165, 1.54) is 0 Å². The van der Waals surface area contributed by atoms with E-state index in [2.05, 4.69) is 41.1 Å². The van der Waals surface area contributed by atoms with E-state index in [9.17, 15) is 14.4 Å². The number of hydrogen-bond acceptors (Lipinski definition) is 11. The second-order valence-electron chi connectivity index (χ2n) is 14.5. The molecule has 2 fully saturated rings. The van der Waals surface area contributed by atoms with E-state index >= 15 is 0 Å². The number of carbonyl (C=O) groups is 3. The molecular formula is C29H48N10O5. The molecule has 0 spiro atoms. The maximum atomic E-state index is 13.6. The Hall–Kier alpha value is -3.59. The van der Waals surface area contributed by atoms with Crippen molar-refractivity contribution >= 4 is 18.0 Å². The van der Waals surface area contributed by atoms with Crippen molar-refractivity contribution in [2.24, 2.45) is 10.8 Å². The number of amides is 2. The average Bonchev–Trinajstić information content (AvgIpc) is 3.48. The summed E-state index contributed by atoms with van der Waals surface area (Å²) in [5.74, 6) is 0.297. The average molecular weight is 617 g/mol. The molecule has 2 saturated heterocycles. The van der Waals surface area contributed by atoms with Crippen molar-refractivity contribution < 1.29 is 23.9 Å². The molecule has 2 aliphatic heterocycles. The molecule has 2 aliphatic rings. The lowest BCUT2D eigenvalue weighted by atomic mass is 9.64. The van der Waals surface area contributed by atoms with Crippen molar-refractivity contribution in [3.8, 4) is 0 Å². The van der Waals surface area contributed by atoms with E-state index in [0.717, 1.165) is 11.4 Å². The van der Waals surface area contributed by atoms with Crippen molar-refractivity contribution in [3.63, 3.8) is 0 Å². The summed E-state index contributed by atoms with van der Waals surface area (Å²) < 4.78 is 13.9. The van der Waals surface area contributed by atoms with Crippen LogP contribution in [0.15, 0.2) is 12.4 Å². The highest BCUT2D eigenvalue weighted by molar-refractivity contribution is 5.92. The maximum Gasteiger partial charge on any atom is 0.407 e. The van der Waals surface area contributed by atoms with E-state index < -0.39 is 34.2 Å². The summed E-state index contributed by atoms with van der Waals surface area (Å²) in [6, 6.07) is 0. The standard InChI is InChI=1S/C29H48N10O5/c1-26(2,3)43-24(41)30-9-11-38-15-21(32-34-38)13-36-17-28(7)19-37(20-29(8,18-36)23(28)40)14-22-16-39(35-33-22)12-10-31-25(42)44-27(4,5)6/h15-16H,9-14,17-20H2,1-8H3,(H,30,41)(H,31,42). The van der Waals surface area contributed by atoms with Gasteiger partial charge in [0.1, 0.15) is 17.0 Å². The monoisotopic (exact) mass is 616 g/mol. The number of ether oxygens (including phenoxy) is 2. The van der Waals surface area contributed by atoms with Crippen LogP contribution in [0.3, 0.4) is 0 Å². The van der Waals surface area contributed by atoms with E-state index in [-0.39, 0.29) is 0 Å². The number of alkyl carbamates (subject to hydrolysis) is 2. The Bertz CT molecular complexity index is 1210. The number of nitrogens with one attached hydrogen (secondary N) is 2. The van der Waals surface area contributed by atoms with Gasteiger partial charge < -0.3 is 20.1 Å². The largest absolute Gasteiger partial charge is 0.444 e. The number of likely N-dealkylation sites (tertiary alicyclic amines) is 2. The van der Waals surface area contributed by atoms with Gasteiger partial charge in [-0.05, 0) is 41.5 Å². The molecule has 2 aromatic heterocycles. The number of hydrogen-bond donors (Lipinski definition) is 2. The predicted molar refractivity (Wildman–Crippen MR) is 160 cm³/mol. The van der Waals surface area contributed by atoms with Crippen LogP contribution < -0.4 is 10.6 Å². The van der Waals surface area contributed by atoms with Gasteiger partial charge in [0.2, 0.25) is 0 Å². The van der Waals surface area contributed by atoms with Gasteiger partial charge in [0.25, 0.3) is 0 Å². The lowest BCUT2D eigenvalue weighted by molar-refractivity contribution is -0.158. The molecule has 44 heavy (non-hydrogen) atoms. The van der Waals surface area contributed by atoms with E-state index in [4.69, 9.17) is 9.47 Å². The third-order valence-electron chi connectivity index (χ3n) is 7.35. The van der Waals surface area contributed by atoms with Crippen molar-refractivity contribution in [1.82, 2.24) is 50.4 Å². The first-order valence-electron chi connectivity index (χ1n) is 15.1. The van der Waals surface area contributed by atoms with Gasteiger partial charge in [-0.15, -0.1) is 10.2 Å². The van der Waals surface area contributed by atoms with Gasteiger partial charge in [-0.25, -0.2) is 9.59 Å². The van der Waals surface area contributed by atoms with Crippen LogP contribution in [0.2, 0.25) is 0 Å². The summed E-state index contributed by atoms with van der Waals surface area (Å²) in [6.07, 6.45) is 2.84. The Labute approximate surface area is 259 Å². The molecule has 0 aliphatic carbocycles. The molecule has 0 unspecified atom stereocenters. The fourth-order valence-corrected chi connectivity index (χ4v) is 6.10. The molecule has 2 N–H and O–H groups in total. The third-order valence-corrected chi connectivity index (χ3v) is 7.35. The predicted octanol–water partition coefficient (Wildman–Crippen LogP) is 1.83. The summed E-state index contributed by atoms with van der Waals surface area (Å²) in [4.78, 5) is 41.9. The zero-order valence-electron chi connectivity index (χ0n) is 27.3. The zero-order chi connectivity index (χ0) is 32.3. The van der Waals surface area contributed by atoms with Crippen LogP contribution in [-0.2, 0) is 40.4 Å². The molecule has 4 rings (SSSR count). The van der Waals surface area contributed by atoms with Crippen LogP contribution in [0.1, 0.15) is 66.8 Å². The minimum atomic E-state index is -0.549. The number of ketones is 1. The van der Waals surface area contributed by atoms with Crippen LogP contribution in [-0.4, -0.2) is 108 Å².